The van der Waals surface area contributed by atoms with Gasteiger partial charge in [0.2, 0.25) is 9.84 Å². The Morgan fingerprint density at radius 3 is 2.63 bits per heavy atom. The average molecular weight is 392 g/mol. The molecule has 0 aromatic heterocycles. The van der Waals surface area contributed by atoms with Crippen molar-refractivity contribution in [2.75, 3.05) is 0 Å². The number of alkyl halides is 2. The Kier molecular flexibility index (Phi) is 3.33. The van der Waals surface area contributed by atoms with Crippen LogP contribution in [0.1, 0.15) is 23.1 Å². The first kappa shape index (κ1) is 17.6. The number of benzene rings is 2. The van der Waals surface area contributed by atoms with Gasteiger partial charge in [0.25, 0.3) is 0 Å². The quantitative estimate of drug-likeness (QED) is 0.845. The van der Waals surface area contributed by atoms with Gasteiger partial charge in [-0.15, -0.1) is 0 Å². The van der Waals surface area contributed by atoms with E-state index in [1.807, 2.05) is 0 Å². The molecule has 4 rings (SSSR count). The Bertz CT molecular complexity index is 1190. The van der Waals surface area contributed by atoms with Crippen molar-refractivity contribution in [1.29, 1.82) is 5.26 Å². The highest BCUT2D eigenvalue weighted by molar-refractivity contribution is 7.93. The maximum atomic E-state index is 14.6. The lowest BCUT2D eigenvalue weighted by Gasteiger charge is -2.26. The number of ether oxygens (including phenoxy) is 1. The molecular formula is C18H11F3N2O3S. The van der Waals surface area contributed by atoms with Crippen LogP contribution in [-0.2, 0) is 15.4 Å². The van der Waals surface area contributed by atoms with E-state index in [4.69, 9.17) is 15.7 Å². The van der Waals surface area contributed by atoms with Crippen molar-refractivity contribution in [1.82, 2.24) is 0 Å². The summed E-state index contributed by atoms with van der Waals surface area (Å²) < 4.78 is 72.9. The zero-order chi connectivity index (χ0) is 19.8. The number of sulfone groups is 1. The minimum atomic E-state index is -4.95. The summed E-state index contributed by atoms with van der Waals surface area (Å²) >= 11 is 0. The minimum Gasteiger partial charge on any atom is -0.457 e. The molecule has 1 atom stereocenters. The van der Waals surface area contributed by atoms with Gasteiger partial charge in [0.1, 0.15) is 22.9 Å². The number of rotatable bonds is 2. The highest BCUT2D eigenvalue weighted by atomic mass is 32.2. The van der Waals surface area contributed by atoms with E-state index in [1.54, 1.807) is 6.07 Å². The molecule has 27 heavy (non-hydrogen) atoms. The SMILES string of the molecule is C=C1CC2(N)c3c(ccc(Oc4cc(F)cc(C#N)c4)c31)S(=O)(=O)C2(F)F. The smallest absolute Gasteiger partial charge is 0.371 e. The summed E-state index contributed by atoms with van der Waals surface area (Å²) in [5, 5.41) is 4.73. The molecule has 2 aromatic rings. The minimum absolute atomic E-state index is 0.00342. The second kappa shape index (κ2) is 5.12. The molecule has 0 bridgehead atoms. The number of nitrogens with zero attached hydrogens (tertiary/aromatic N) is 1. The summed E-state index contributed by atoms with van der Waals surface area (Å²) in [6.07, 6.45) is -0.464. The number of halogens is 3. The molecule has 0 radical (unpaired) electrons. The number of nitriles is 1. The summed E-state index contributed by atoms with van der Waals surface area (Å²) in [4.78, 5) is -0.562. The summed E-state index contributed by atoms with van der Waals surface area (Å²) in [6, 6.07) is 7.25. The Hall–Kier alpha value is -2.83. The molecule has 1 heterocycles. The van der Waals surface area contributed by atoms with Crippen molar-refractivity contribution in [3.8, 4) is 17.6 Å². The van der Waals surface area contributed by atoms with Gasteiger partial charge >= 0.3 is 5.25 Å². The summed E-state index contributed by atoms with van der Waals surface area (Å²) in [6.45, 7) is 3.72. The fourth-order valence-electron chi connectivity index (χ4n) is 3.62. The van der Waals surface area contributed by atoms with Crippen molar-refractivity contribution < 1.29 is 26.3 Å². The maximum Gasteiger partial charge on any atom is 0.371 e. The Morgan fingerprint density at radius 2 is 1.96 bits per heavy atom. The van der Waals surface area contributed by atoms with E-state index < -0.39 is 37.8 Å². The van der Waals surface area contributed by atoms with Crippen LogP contribution in [0.5, 0.6) is 11.5 Å². The van der Waals surface area contributed by atoms with Crippen LogP contribution in [0.25, 0.3) is 5.57 Å². The van der Waals surface area contributed by atoms with Gasteiger partial charge in [-0.1, -0.05) is 6.58 Å². The van der Waals surface area contributed by atoms with E-state index in [9.17, 15) is 21.6 Å². The Labute approximate surface area is 152 Å². The second-order valence-electron chi connectivity index (χ2n) is 6.47. The van der Waals surface area contributed by atoms with E-state index >= 15 is 0 Å². The fraction of sp³-hybridized carbons (Fsp3) is 0.167. The van der Waals surface area contributed by atoms with Gasteiger partial charge in [-0.2, -0.15) is 14.0 Å². The molecule has 0 amide bonds. The number of hydrogen-bond acceptors (Lipinski definition) is 5. The molecule has 0 saturated heterocycles. The molecule has 0 spiro atoms. The third-order valence-corrected chi connectivity index (χ3v) is 6.75. The molecule has 5 nitrogen and oxygen atoms in total. The first-order chi connectivity index (χ1) is 12.5. The lowest BCUT2D eigenvalue weighted by atomic mass is 9.93. The van der Waals surface area contributed by atoms with Gasteiger partial charge in [0, 0.05) is 23.6 Å². The molecular weight excluding hydrogens is 381 g/mol. The van der Waals surface area contributed by atoms with Crippen LogP contribution in [0, 0.1) is 17.1 Å². The van der Waals surface area contributed by atoms with Crippen LogP contribution in [0.3, 0.4) is 0 Å². The van der Waals surface area contributed by atoms with Crippen LogP contribution in [0.15, 0.2) is 41.8 Å². The van der Waals surface area contributed by atoms with Crippen molar-refractivity contribution in [3.63, 3.8) is 0 Å². The zero-order valence-electron chi connectivity index (χ0n) is 13.6. The molecule has 9 heteroatoms. The Balaban J connectivity index is 1.93. The molecule has 1 aliphatic heterocycles. The van der Waals surface area contributed by atoms with Gasteiger partial charge in [-0.3, -0.25) is 0 Å². The fourth-order valence-corrected chi connectivity index (χ4v) is 5.35. The first-order valence-corrected chi connectivity index (χ1v) is 9.17. The molecule has 2 aromatic carbocycles. The molecule has 0 fully saturated rings. The van der Waals surface area contributed by atoms with Crippen LogP contribution in [0.2, 0.25) is 0 Å². The molecule has 2 N–H and O–H groups in total. The van der Waals surface area contributed by atoms with Crippen LogP contribution in [-0.4, -0.2) is 13.7 Å². The zero-order valence-corrected chi connectivity index (χ0v) is 14.4. The average Bonchev–Trinajstić information content (AvgIpc) is 2.92. The van der Waals surface area contributed by atoms with Gasteiger partial charge in [-0.25, -0.2) is 12.8 Å². The lowest BCUT2D eigenvalue weighted by molar-refractivity contribution is 0.0147. The largest absolute Gasteiger partial charge is 0.457 e. The monoisotopic (exact) mass is 392 g/mol. The summed E-state index contributed by atoms with van der Waals surface area (Å²) in [5.41, 5.74) is 3.43. The molecule has 1 aliphatic carbocycles. The molecule has 138 valence electrons. The topological polar surface area (TPSA) is 93.2 Å². The Morgan fingerprint density at radius 1 is 1.26 bits per heavy atom. The second-order valence-corrected chi connectivity index (χ2v) is 8.43. The van der Waals surface area contributed by atoms with Crippen LogP contribution >= 0.6 is 0 Å². The third kappa shape index (κ3) is 2.05. The normalized spacial score (nSPS) is 23.7. The van der Waals surface area contributed by atoms with E-state index in [-0.39, 0.29) is 33.8 Å². The maximum absolute atomic E-state index is 14.6. The third-order valence-electron chi connectivity index (χ3n) is 4.80. The van der Waals surface area contributed by atoms with E-state index in [2.05, 4.69) is 6.58 Å². The predicted octanol–water partition coefficient (Wildman–Crippen LogP) is 3.44. The van der Waals surface area contributed by atoms with Crippen LogP contribution in [0.4, 0.5) is 13.2 Å². The van der Waals surface area contributed by atoms with Crippen molar-refractivity contribution >= 4 is 15.4 Å². The van der Waals surface area contributed by atoms with Gasteiger partial charge in [0.15, 0.2) is 0 Å². The van der Waals surface area contributed by atoms with Crippen LogP contribution < -0.4 is 10.5 Å². The first-order valence-electron chi connectivity index (χ1n) is 7.68. The standard InChI is InChI=1S/C18H11F3N2O3S/c1-9-7-17(23)16-14(27(24,25)18(17,20)21)3-2-13(15(9)16)26-12-5-10(8-22)4-11(19)6-12/h2-6H,1,7,23H2. The molecule has 2 aliphatic rings. The van der Waals surface area contributed by atoms with E-state index in [0.29, 0.717) is 0 Å². The van der Waals surface area contributed by atoms with Crippen molar-refractivity contribution in [3.05, 3.63) is 59.4 Å². The summed E-state index contributed by atoms with van der Waals surface area (Å²) in [7, 11) is -4.95. The highest BCUT2D eigenvalue weighted by Crippen LogP contribution is 2.62. The molecule has 0 saturated carbocycles. The van der Waals surface area contributed by atoms with Gasteiger partial charge < -0.3 is 10.5 Å². The van der Waals surface area contributed by atoms with Crippen molar-refractivity contribution in [2.24, 2.45) is 5.73 Å². The predicted molar refractivity (Wildman–Crippen MR) is 89.3 cm³/mol. The van der Waals surface area contributed by atoms with Gasteiger partial charge in [0.05, 0.1) is 16.5 Å². The van der Waals surface area contributed by atoms with E-state index in [0.717, 1.165) is 18.2 Å². The van der Waals surface area contributed by atoms with E-state index in [1.165, 1.54) is 12.1 Å². The number of nitrogens with two attached hydrogens (primary N) is 1. The number of hydrogen-bond donors (Lipinski definition) is 1. The van der Waals surface area contributed by atoms with Crippen molar-refractivity contribution in [2.45, 2.75) is 22.1 Å². The van der Waals surface area contributed by atoms with Gasteiger partial charge in [-0.05, 0) is 29.8 Å². The lowest BCUT2D eigenvalue weighted by Crippen LogP contribution is -2.50. The highest BCUT2D eigenvalue weighted by Gasteiger charge is 2.71. The molecule has 1 unspecified atom stereocenters. The summed E-state index contributed by atoms with van der Waals surface area (Å²) in [5.74, 6) is -0.756.